The van der Waals surface area contributed by atoms with Crippen molar-refractivity contribution in [3.63, 3.8) is 0 Å². The van der Waals surface area contributed by atoms with Crippen molar-refractivity contribution in [2.24, 2.45) is 23.5 Å². The molecule has 6 atom stereocenters. The fraction of sp³-hybridized carbons (Fsp3) is 0.667. The van der Waals surface area contributed by atoms with Gasteiger partial charge >= 0.3 is 11.9 Å². The molecule has 0 spiro atoms. The van der Waals surface area contributed by atoms with Crippen LogP contribution in [0.5, 0.6) is 0 Å². The molecular formula is C15H22ClN5O5S2. The average Bonchev–Trinajstić information content (AvgIpc) is 3.02. The molecule has 6 N–H and O–H groups in total. The summed E-state index contributed by atoms with van der Waals surface area (Å²) < 4.78 is 0. The molecule has 0 unspecified atom stereocenters. The molecule has 0 aromatic carbocycles. The number of carboxylic acid groups (broad SMARTS) is 2. The Kier molecular flexibility index (Phi) is 7.23. The third-order valence-electron chi connectivity index (χ3n) is 5.24. The molecule has 3 rings (SSSR count). The Balaban J connectivity index is 0.00000280. The van der Waals surface area contributed by atoms with Gasteiger partial charge in [-0.1, -0.05) is 11.8 Å². The van der Waals surface area contributed by atoms with E-state index >= 15 is 0 Å². The van der Waals surface area contributed by atoms with Crippen LogP contribution in [-0.4, -0.2) is 72.1 Å². The number of halogens is 1. The Labute approximate surface area is 175 Å². The van der Waals surface area contributed by atoms with Crippen LogP contribution in [0, 0.1) is 17.8 Å². The summed E-state index contributed by atoms with van der Waals surface area (Å²) in [5.74, 6) is -4.04. The first-order valence-corrected chi connectivity index (χ1v) is 10.6. The molecule has 10 nitrogen and oxygen atoms in total. The number of rotatable bonds is 9. The summed E-state index contributed by atoms with van der Waals surface area (Å²) in [5.41, 5.74) is 4.24. The number of nitrogens with one attached hydrogen (secondary N) is 2. The molecule has 2 fully saturated rings. The minimum Gasteiger partial charge on any atom is -0.481 e. The van der Waals surface area contributed by atoms with Gasteiger partial charge in [0.05, 0.1) is 12.0 Å². The second kappa shape index (κ2) is 8.89. The van der Waals surface area contributed by atoms with Gasteiger partial charge in [-0.25, -0.2) is 4.79 Å². The van der Waals surface area contributed by atoms with Crippen molar-refractivity contribution in [1.29, 1.82) is 0 Å². The Hall–Kier alpha value is -1.50. The molecule has 2 aliphatic carbocycles. The van der Waals surface area contributed by atoms with Crippen LogP contribution in [0.3, 0.4) is 0 Å². The van der Waals surface area contributed by atoms with Gasteiger partial charge in [0.25, 0.3) is 0 Å². The molecule has 1 aromatic heterocycles. The molecule has 156 valence electrons. The van der Waals surface area contributed by atoms with Crippen LogP contribution in [0.4, 0.5) is 0 Å². The molecule has 28 heavy (non-hydrogen) atoms. The number of fused-ring (bicyclic) bond motifs is 1. The topological polar surface area (TPSA) is 171 Å². The molecule has 0 radical (unpaired) electrons. The number of aromatic nitrogens is 3. The molecule has 1 aromatic rings. The lowest BCUT2D eigenvalue weighted by Crippen LogP contribution is -2.59. The number of amides is 1. The van der Waals surface area contributed by atoms with Crippen molar-refractivity contribution in [1.82, 2.24) is 20.5 Å². The zero-order valence-corrected chi connectivity index (χ0v) is 17.4. The highest BCUT2D eigenvalue weighted by Crippen LogP contribution is 2.65. The Morgan fingerprint density at radius 3 is 2.71 bits per heavy atom. The summed E-state index contributed by atoms with van der Waals surface area (Å²) in [4.78, 5) is 39.1. The van der Waals surface area contributed by atoms with Crippen LogP contribution >= 0.6 is 35.9 Å². The summed E-state index contributed by atoms with van der Waals surface area (Å²) >= 11 is 2.79. The fourth-order valence-electron chi connectivity index (χ4n) is 3.96. The van der Waals surface area contributed by atoms with Gasteiger partial charge in [-0.05, 0) is 30.8 Å². The summed E-state index contributed by atoms with van der Waals surface area (Å²) in [7, 11) is 0. The van der Waals surface area contributed by atoms with E-state index in [0.717, 1.165) is 0 Å². The van der Waals surface area contributed by atoms with Crippen LogP contribution in [0.2, 0.25) is 0 Å². The van der Waals surface area contributed by atoms with Crippen LogP contribution < -0.4 is 11.1 Å². The van der Waals surface area contributed by atoms with Gasteiger partial charge in [0.15, 0.2) is 5.16 Å². The summed E-state index contributed by atoms with van der Waals surface area (Å²) in [5, 5.41) is 29.7. The van der Waals surface area contributed by atoms with Crippen molar-refractivity contribution < 1.29 is 24.6 Å². The number of nitrogens with zero attached hydrogens (tertiary/aromatic N) is 2. The van der Waals surface area contributed by atoms with E-state index in [4.69, 9.17) is 5.73 Å². The first-order chi connectivity index (χ1) is 12.8. The minimum absolute atomic E-state index is 0. The van der Waals surface area contributed by atoms with Gasteiger partial charge in [0.2, 0.25) is 5.91 Å². The Morgan fingerprint density at radius 1 is 1.46 bits per heavy atom. The van der Waals surface area contributed by atoms with Gasteiger partial charge in [0.1, 0.15) is 11.9 Å². The van der Waals surface area contributed by atoms with E-state index in [9.17, 15) is 24.6 Å². The van der Waals surface area contributed by atoms with Crippen molar-refractivity contribution in [3.8, 4) is 0 Å². The quantitative estimate of drug-likeness (QED) is 0.345. The predicted octanol–water partition coefficient (Wildman–Crippen LogP) is 0.0577. The number of hydrogen-bond acceptors (Lipinski definition) is 8. The van der Waals surface area contributed by atoms with Gasteiger partial charge in [-0.3, -0.25) is 9.59 Å². The SMILES string of the molecule is CSCC[C@H](N)C(=O)N[C@@]1(C(=O)O)C[C@@H](Sc2nnc[nH]2)[C@H]2[C@H](C(=O)O)[C@H]21.Cl. The van der Waals surface area contributed by atoms with Crippen molar-refractivity contribution >= 4 is 53.8 Å². The highest BCUT2D eigenvalue weighted by Gasteiger charge is 2.75. The van der Waals surface area contributed by atoms with Crippen molar-refractivity contribution in [2.45, 2.75) is 34.8 Å². The smallest absolute Gasteiger partial charge is 0.329 e. The lowest BCUT2D eigenvalue weighted by atomic mass is 9.89. The van der Waals surface area contributed by atoms with Gasteiger partial charge in [-0.15, -0.1) is 22.6 Å². The number of aromatic amines is 1. The number of thioether (sulfide) groups is 2. The van der Waals surface area contributed by atoms with Gasteiger partial charge < -0.3 is 26.2 Å². The molecule has 0 saturated heterocycles. The maximum absolute atomic E-state index is 12.5. The van der Waals surface area contributed by atoms with Crippen molar-refractivity contribution in [3.05, 3.63) is 6.33 Å². The van der Waals surface area contributed by atoms with Crippen LogP contribution in [0.1, 0.15) is 12.8 Å². The molecule has 0 bridgehead atoms. The molecule has 1 heterocycles. The number of carbonyl (C=O) groups excluding carboxylic acids is 1. The van der Waals surface area contributed by atoms with Crippen LogP contribution in [0.25, 0.3) is 0 Å². The molecule has 0 aliphatic heterocycles. The van der Waals surface area contributed by atoms with E-state index in [-0.39, 0.29) is 30.0 Å². The highest BCUT2D eigenvalue weighted by molar-refractivity contribution is 7.99. The molecular weight excluding hydrogens is 430 g/mol. The number of carbonyl (C=O) groups is 3. The zero-order chi connectivity index (χ0) is 19.8. The molecule has 13 heteroatoms. The number of aliphatic carboxylic acids is 2. The molecule has 2 saturated carbocycles. The highest BCUT2D eigenvalue weighted by atomic mass is 35.5. The van der Waals surface area contributed by atoms with E-state index in [1.54, 1.807) is 0 Å². The number of hydrogen-bond donors (Lipinski definition) is 5. The summed E-state index contributed by atoms with van der Waals surface area (Å²) in [6.45, 7) is 0. The van der Waals surface area contributed by atoms with Gasteiger partial charge in [-0.2, -0.15) is 11.8 Å². The maximum atomic E-state index is 12.5. The number of carboxylic acids is 2. The number of nitrogens with two attached hydrogens (primary N) is 1. The summed E-state index contributed by atoms with van der Waals surface area (Å²) in [6.07, 6.45) is 3.80. The molecule has 1 amide bonds. The fourth-order valence-corrected chi connectivity index (χ4v) is 5.79. The first-order valence-electron chi connectivity index (χ1n) is 8.37. The standard InChI is InChI=1S/C15H21N5O5S2.ClH/c1-26-3-2-6(16)11(21)19-15(13(24)25)4-7(27-14-17-5-18-20-14)8-9(10(8)15)12(22)23;/h5-10H,2-4,16H2,1H3,(H,19,21)(H,22,23)(H,24,25)(H,17,18,20);1H/t6-,7+,8-,9-,10-,15-;/m0./s1. The van der Waals surface area contributed by atoms with Crippen molar-refractivity contribution in [2.75, 3.05) is 12.0 Å². The monoisotopic (exact) mass is 451 g/mol. The van der Waals surface area contributed by atoms with E-state index in [1.807, 2.05) is 6.26 Å². The first kappa shape index (κ1) is 22.8. The lowest BCUT2D eigenvalue weighted by molar-refractivity contribution is -0.150. The number of H-pyrrole nitrogens is 1. The largest absolute Gasteiger partial charge is 0.481 e. The maximum Gasteiger partial charge on any atom is 0.329 e. The third kappa shape index (κ3) is 4.09. The zero-order valence-electron chi connectivity index (χ0n) is 14.9. The Bertz CT molecular complexity index is 738. The van der Waals surface area contributed by atoms with E-state index in [2.05, 4.69) is 20.5 Å². The second-order valence-electron chi connectivity index (χ2n) is 6.78. The van der Waals surface area contributed by atoms with Crippen LogP contribution in [0.15, 0.2) is 11.5 Å². The van der Waals surface area contributed by atoms with E-state index in [1.165, 1.54) is 29.9 Å². The summed E-state index contributed by atoms with van der Waals surface area (Å²) in [6, 6.07) is -0.838. The minimum atomic E-state index is -1.64. The third-order valence-corrected chi connectivity index (χ3v) is 7.09. The normalized spacial score (nSPS) is 31.4. The predicted molar refractivity (Wildman–Crippen MR) is 105 cm³/mol. The second-order valence-corrected chi connectivity index (χ2v) is 8.99. The molecule has 2 aliphatic rings. The Morgan fingerprint density at radius 2 is 2.18 bits per heavy atom. The van der Waals surface area contributed by atoms with Gasteiger partial charge in [0, 0.05) is 11.2 Å². The average molecular weight is 452 g/mol. The van der Waals surface area contributed by atoms with E-state index in [0.29, 0.717) is 17.3 Å². The van der Waals surface area contributed by atoms with Crippen LogP contribution in [-0.2, 0) is 14.4 Å². The van der Waals surface area contributed by atoms with E-state index < -0.39 is 41.3 Å². The lowest BCUT2D eigenvalue weighted by Gasteiger charge is -2.31.